The van der Waals surface area contributed by atoms with Gasteiger partial charge in [-0.3, -0.25) is 4.98 Å². The molecule has 0 aliphatic heterocycles. The van der Waals surface area contributed by atoms with E-state index in [1.165, 1.54) is 0 Å². The predicted octanol–water partition coefficient (Wildman–Crippen LogP) is 4.03. The van der Waals surface area contributed by atoms with Crippen LogP contribution in [0.4, 0.5) is 0 Å². The largest absolute Gasteiger partial charge is 0.456 e. The highest BCUT2D eigenvalue weighted by atomic mass is 35.5. The first-order valence-corrected chi connectivity index (χ1v) is 6.63. The van der Waals surface area contributed by atoms with Gasteiger partial charge in [0.1, 0.15) is 11.5 Å². The van der Waals surface area contributed by atoms with Gasteiger partial charge in [0.05, 0.1) is 10.7 Å². The lowest BCUT2D eigenvalue weighted by Gasteiger charge is -2.10. The summed E-state index contributed by atoms with van der Waals surface area (Å²) in [4.78, 5) is 4.30. The summed E-state index contributed by atoms with van der Waals surface area (Å²) in [5.41, 5.74) is 0.943. The van der Waals surface area contributed by atoms with Crippen molar-refractivity contribution in [2.24, 2.45) is 0 Å². The maximum absolute atomic E-state index is 6.06. The Morgan fingerprint density at radius 3 is 2.79 bits per heavy atom. The van der Waals surface area contributed by atoms with Crippen LogP contribution in [0.3, 0.4) is 0 Å². The minimum absolute atomic E-state index is 0.426. The number of pyridine rings is 1. The Balaban J connectivity index is 2.09. The molecule has 1 aromatic carbocycles. The highest BCUT2D eigenvalue weighted by molar-refractivity contribution is 6.32. The van der Waals surface area contributed by atoms with Crippen molar-refractivity contribution < 1.29 is 4.74 Å². The van der Waals surface area contributed by atoms with Crippen molar-refractivity contribution >= 4 is 11.6 Å². The van der Waals surface area contributed by atoms with Crippen LogP contribution in [0.15, 0.2) is 42.6 Å². The van der Waals surface area contributed by atoms with Crippen LogP contribution in [0.25, 0.3) is 0 Å². The summed E-state index contributed by atoms with van der Waals surface area (Å²) in [5.74, 6) is 1.39. The average molecular weight is 277 g/mol. The number of benzene rings is 1. The SMILES string of the molecule is CC(C)NCc1cc(Oc2ccccc2Cl)ccn1. The molecule has 0 saturated carbocycles. The first-order chi connectivity index (χ1) is 9.15. The Bertz CT molecular complexity index is 543. The molecule has 4 heteroatoms. The number of halogens is 1. The first-order valence-electron chi connectivity index (χ1n) is 6.26. The van der Waals surface area contributed by atoms with Crippen LogP contribution in [0.5, 0.6) is 11.5 Å². The first kappa shape index (κ1) is 13.8. The Morgan fingerprint density at radius 2 is 2.05 bits per heavy atom. The molecule has 0 saturated heterocycles. The third-order valence-electron chi connectivity index (χ3n) is 2.54. The number of aromatic nitrogens is 1. The number of rotatable bonds is 5. The summed E-state index contributed by atoms with van der Waals surface area (Å²) < 4.78 is 5.76. The molecule has 2 aromatic rings. The number of ether oxygens (including phenoxy) is 1. The molecule has 0 aliphatic rings. The van der Waals surface area contributed by atoms with Crippen LogP contribution >= 0.6 is 11.6 Å². The lowest BCUT2D eigenvalue weighted by Crippen LogP contribution is -2.22. The van der Waals surface area contributed by atoms with E-state index in [2.05, 4.69) is 24.1 Å². The molecular weight excluding hydrogens is 260 g/mol. The molecule has 3 nitrogen and oxygen atoms in total. The van der Waals surface area contributed by atoms with Crippen molar-refractivity contribution in [3.8, 4) is 11.5 Å². The molecule has 0 unspecified atom stereocenters. The molecule has 1 N–H and O–H groups in total. The number of nitrogens with zero attached hydrogens (tertiary/aromatic N) is 1. The second-order valence-corrected chi connectivity index (χ2v) is 4.96. The van der Waals surface area contributed by atoms with Crippen molar-refractivity contribution in [2.45, 2.75) is 26.4 Å². The summed E-state index contributed by atoms with van der Waals surface area (Å²) in [7, 11) is 0. The van der Waals surface area contributed by atoms with Gasteiger partial charge in [-0.1, -0.05) is 37.6 Å². The van der Waals surface area contributed by atoms with Crippen LogP contribution in [0, 0.1) is 0 Å². The van der Waals surface area contributed by atoms with E-state index in [0.717, 1.165) is 18.0 Å². The minimum atomic E-state index is 0.426. The zero-order chi connectivity index (χ0) is 13.7. The summed E-state index contributed by atoms with van der Waals surface area (Å²) in [6.07, 6.45) is 1.74. The van der Waals surface area contributed by atoms with E-state index in [4.69, 9.17) is 16.3 Å². The molecule has 1 heterocycles. The predicted molar refractivity (Wildman–Crippen MR) is 77.7 cm³/mol. The second kappa shape index (κ2) is 6.55. The molecule has 0 atom stereocenters. The van der Waals surface area contributed by atoms with Gasteiger partial charge < -0.3 is 10.1 Å². The van der Waals surface area contributed by atoms with E-state index in [1.54, 1.807) is 12.3 Å². The van der Waals surface area contributed by atoms with Gasteiger partial charge in [0, 0.05) is 24.8 Å². The van der Waals surface area contributed by atoms with Crippen molar-refractivity contribution in [3.63, 3.8) is 0 Å². The molecule has 0 spiro atoms. The Labute approximate surface area is 118 Å². The summed E-state index contributed by atoms with van der Waals surface area (Å²) >= 11 is 6.06. The Morgan fingerprint density at radius 1 is 1.26 bits per heavy atom. The number of hydrogen-bond acceptors (Lipinski definition) is 3. The molecule has 0 fully saturated rings. The van der Waals surface area contributed by atoms with E-state index in [9.17, 15) is 0 Å². The normalized spacial score (nSPS) is 10.7. The summed E-state index contributed by atoms with van der Waals surface area (Å²) in [6, 6.07) is 11.6. The standard InChI is InChI=1S/C15H17ClN2O/c1-11(2)18-10-12-9-13(7-8-17-12)19-15-6-4-3-5-14(15)16/h3-9,11,18H,10H2,1-2H3. The second-order valence-electron chi connectivity index (χ2n) is 4.55. The number of para-hydroxylation sites is 1. The fraction of sp³-hybridized carbons (Fsp3) is 0.267. The van der Waals surface area contributed by atoms with Gasteiger partial charge in [-0.2, -0.15) is 0 Å². The molecular formula is C15H17ClN2O. The Kier molecular flexibility index (Phi) is 4.77. The van der Waals surface area contributed by atoms with Crippen LogP contribution in [0.1, 0.15) is 19.5 Å². The highest BCUT2D eigenvalue weighted by Gasteiger charge is 2.04. The highest BCUT2D eigenvalue weighted by Crippen LogP contribution is 2.28. The zero-order valence-electron chi connectivity index (χ0n) is 11.1. The van der Waals surface area contributed by atoms with E-state index in [-0.39, 0.29) is 0 Å². The average Bonchev–Trinajstić information content (AvgIpc) is 2.40. The van der Waals surface area contributed by atoms with Gasteiger partial charge in [0.2, 0.25) is 0 Å². The van der Waals surface area contributed by atoms with Crippen LogP contribution in [-0.2, 0) is 6.54 Å². The topological polar surface area (TPSA) is 34.1 Å². The van der Waals surface area contributed by atoms with Gasteiger partial charge >= 0.3 is 0 Å². The lowest BCUT2D eigenvalue weighted by atomic mass is 10.3. The van der Waals surface area contributed by atoms with Crippen molar-refractivity contribution in [2.75, 3.05) is 0 Å². The Hall–Kier alpha value is -1.58. The lowest BCUT2D eigenvalue weighted by molar-refractivity contribution is 0.479. The zero-order valence-corrected chi connectivity index (χ0v) is 11.8. The van der Waals surface area contributed by atoms with E-state index < -0.39 is 0 Å². The van der Waals surface area contributed by atoms with E-state index in [1.807, 2.05) is 30.3 Å². The number of hydrogen-bond donors (Lipinski definition) is 1. The third-order valence-corrected chi connectivity index (χ3v) is 2.86. The molecule has 2 rings (SSSR count). The summed E-state index contributed by atoms with van der Waals surface area (Å²) in [5, 5.41) is 3.92. The van der Waals surface area contributed by atoms with Gasteiger partial charge in [-0.25, -0.2) is 0 Å². The third kappa shape index (κ3) is 4.23. The monoisotopic (exact) mass is 276 g/mol. The van der Waals surface area contributed by atoms with Gasteiger partial charge in [0.15, 0.2) is 0 Å². The van der Waals surface area contributed by atoms with Gasteiger partial charge in [0.25, 0.3) is 0 Å². The van der Waals surface area contributed by atoms with Crippen molar-refractivity contribution in [1.29, 1.82) is 0 Å². The van der Waals surface area contributed by atoms with Crippen molar-refractivity contribution in [1.82, 2.24) is 10.3 Å². The fourth-order valence-corrected chi connectivity index (χ4v) is 1.75. The number of nitrogens with one attached hydrogen (secondary N) is 1. The maximum atomic E-state index is 6.06. The molecule has 0 amide bonds. The maximum Gasteiger partial charge on any atom is 0.146 e. The molecule has 19 heavy (non-hydrogen) atoms. The smallest absolute Gasteiger partial charge is 0.146 e. The van der Waals surface area contributed by atoms with Crippen LogP contribution in [0.2, 0.25) is 5.02 Å². The quantitative estimate of drug-likeness (QED) is 0.895. The summed E-state index contributed by atoms with van der Waals surface area (Å²) in [6.45, 7) is 4.92. The van der Waals surface area contributed by atoms with Crippen LogP contribution in [-0.4, -0.2) is 11.0 Å². The van der Waals surface area contributed by atoms with E-state index in [0.29, 0.717) is 16.8 Å². The van der Waals surface area contributed by atoms with E-state index >= 15 is 0 Å². The molecule has 1 aromatic heterocycles. The fourth-order valence-electron chi connectivity index (χ4n) is 1.58. The molecule has 0 aliphatic carbocycles. The van der Waals surface area contributed by atoms with Gasteiger partial charge in [-0.05, 0) is 18.2 Å². The molecule has 0 radical (unpaired) electrons. The minimum Gasteiger partial charge on any atom is -0.456 e. The van der Waals surface area contributed by atoms with Gasteiger partial charge in [-0.15, -0.1) is 0 Å². The van der Waals surface area contributed by atoms with Crippen molar-refractivity contribution in [3.05, 3.63) is 53.3 Å². The van der Waals surface area contributed by atoms with Crippen LogP contribution < -0.4 is 10.1 Å². The molecule has 0 bridgehead atoms. The molecule has 100 valence electrons.